The number of hydrogen-bond acceptors (Lipinski definition) is 6. The number of aliphatic carboxylic acids is 2. The Morgan fingerprint density at radius 2 is 1.14 bits per heavy atom. The Bertz CT molecular complexity index is 736. The van der Waals surface area contributed by atoms with Crippen LogP contribution in [0.3, 0.4) is 0 Å². The molecule has 37 heavy (non-hydrogen) atoms. The number of piperazine rings is 1. The highest BCUT2D eigenvalue weighted by atomic mass is 16.5. The zero-order chi connectivity index (χ0) is 27.8. The summed E-state index contributed by atoms with van der Waals surface area (Å²) in [5.74, 6) is -3.09. The fourth-order valence-corrected chi connectivity index (χ4v) is 2.70. The summed E-state index contributed by atoms with van der Waals surface area (Å²) >= 11 is 0. The molecule has 0 amide bonds. The third kappa shape index (κ3) is 37.5. The highest BCUT2D eigenvalue weighted by Gasteiger charge is 1.99. The lowest BCUT2D eigenvalue weighted by atomic mass is 10.2. The van der Waals surface area contributed by atoms with Crippen molar-refractivity contribution < 1.29 is 40.0 Å². The van der Waals surface area contributed by atoms with Gasteiger partial charge in [0.2, 0.25) is 0 Å². The second-order valence-corrected chi connectivity index (χ2v) is 7.88. The van der Waals surface area contributed by atoms with Gasteiger partial charge in [0.1, 0.15) is 26.2 Å². The molecule has 0 unspecified atom stereocenters. The lowest BCUT2D eigenvalue weighted by Gasteiger charge is -2.04. The molecule has 1 saturated heterocycles. The van der Waals surface area contributed by atoms with Gasteiger partial charge in [-0.15, -0.1) is 0 Å². The maximum absolute atomic E-state index is 10.2. The molecule has 4 N–H and O–H groups in total. The number of nitrogens with two attached hydrogens (primary N) is 2. The van der Waals surface area contributed by atoms with Gasteiger partial charge >= 0.3 is 5.97 Å². The molecule has 1 aliphatic rings. The monoisotopic (exact) mass is 518 g/mol. The third-order valence-electron chi connectivity index (χ3n) is 4.62. The smallest absolute Gasteiger partial charge is 0.330 e. The molecule has 8 nitrogen and oxygen atoms in total. The molecule has 0 saturated carbocycles. The number of allylic oxidation sites excluding steroid dienone is 10. The van der Waals surface area contributed by atoms with Crippen molar-refractivity contribution in [3.8, 4) is 0 Å². The zero-order valence-corrected chi connectivity index (χ0v) is 22.5. The highest BCUT2D eigenvalue weighted by molar-refractivity contribution is 5.89. The normalized spacial score (nSPS) is 13.8. The number of ether oxygens (including phenoxy) is 1. The molecular weight excluding hydrogens is 472 g/mol. The standard InChI is InChI=1S/C20H30O2.C5H6O4.C4H10N2/c1-2-3-4-5-6-7-8-9-10-11-12-13-14-15-16-17-18-19-20(21)22;1-9-5(8)3-2-4(6)7;1-2-6-4-3-5-1/h3-4,6-7,9-10,12-13,15-16H,2,5,8,11,14,17-19H2,1H3,(H,21,22);2-3H,1H3,(H,6,7);5-6H,1-4H2/b4-3-,7-6-,10-9-,13-12-,16-15-;3-2+;. The van der Waals surface area contributed by atoms with Gasteiger partial charge in [0.15, 0.2) is 0 Å². The summed E-state index contributed by atoms with van der Waals surface area (Å²) in [6.07, 6.45) is 29.5. The van der Waals surface area contributed by atoms with Crippen molar-refractivity contribution in [3.05, 3.63) is 72.9 Å². The van der Waals surface area contributed by atoms with Gasteiger partial charge in [-0.25, -0.2) is 4.79 Å². The van der Waals surface area contributed by atoms with Gasteiger partial charge < -0.3 is 35.2 Å². The van der Waals surface area contributed by atoms with Gasteiger partial charge in [-0.3, -0.25) is 0 Å². The summed E-state index contributed by atoms with van der Waals surface area (Å²) in [6, 6.07) is 0. The second kappa shape index (κ2) is 30.8. The number of carboxylic acid groups (broad SMARTS) is 2. The van der Waals surface area contributed by atoms with Crippen molar-refractivity contribution in [3.63, 3.8) is 0 Å². The van der Waals surface area contributed by atoms with E-state index in [0.717, 1.165) is 51.7 Å². The van der Waals surface area contributed by atoms with Gasteiger partial charge in [0, 0.05) is 12.0 Å². The Morgan fingerprint density at radius 1 is 0.703 bits per heavy atom. The summed E-state index contributed by atoms with van der Waals surface area (Å²) < 4.78 is 4.08. The number of carbonyl (C=O) groups is 3. The van der Waals surface area contributed by atoms with E-state index in [-0.39, 0.29) is 6.42 Å². The van der Waals surface area contributed by atoms with Crippen molar-refractivity contribution in [2.45, 2.75) is 58.3 Å². The molecule has 0 spiro atoms. The summed E-state index contributed by atoms with van der Waals surface area (Å²) in [4.78, 5) is 29.9. The highest BCUT2D eigenvalue weighted by Crippen LogP contribution is 1.98. The Balaban J connectivity index is 0. The van der Waals surface area contributed by atoms with Crippen molar-refractivity contribution in [2.24, 2.45) is 0 Å². The van der Waals surface area contributed by atoms with E-state index in [4.69, 9.17) is 0 Å². The fraction of sp³-hybridized carbons (Fsp3) is 0.483. The fourth-order valence-electron chi connectivity index (χ4n) is 2.70. The topological polar surface area (TPSA) is 140 Å². The van der Waals surface area contributed by atoms with Gasteiger partial charge in [-0.2, -0.15) is 0 Å². The van der Waals surface area contributed by atoms with Crippen LogP contribution in [0.1, 0.15) is 58.3 Å². The molecule has 0 aromatic rings. The maximum atomic E-state index is 10.2. The number of carbonyl (C=O) groups excluding carboxylic acids is 3. The zero-order valence-electron chi connectivity index (χ0n) is 22.5. The summed E-state index contributed by atoms with van der Waals surface area (Å²) in [7, 11) is 1.15. The second-order valence-electron chi connectivity index (χ2n) is 7.88. The van der Waals surface area contributed by atoms with E-state index in [1.165, 1.54) is 26.2 Å². The number of rotatable bonds is 15. The van der Waals surface area contributed by atoms with Crippen LogP contribution in [0.15, 0.2) is 72.9 Å². The molecule has 1 heterocycles. The van der Waals surface area contributed by atoms with E-state index in [0.29, 0.717) is 12.5 Å². The SMILES string of the molecule is C1C[NH2+]CC[NH2+]1.CC/C=C\C/C=C\C/C=C\C/C=C\C/C=C\CCCC(=O)[O-].COC(=O)/C=C/C(=O)[O-]. The quantitative estimate of drug-likeness (QED) is 0.138. The van der Waals surface area contributed by atoms with Crippen LogP contribution in [0.5, 0.6) is 0 Å². The van der Waals surface area contributed by atoms with Crippen LogP contribution < -0.4 is 20.8 Å². The van der Waals surface area contributed by atoms with Crippen molar-refractivity contribution in [1.82, 2.24) is 0 Å². The van der Waals surface area contributed by atoms with Crippen LogP contribution in [0, 0.1) is 0 Å². The predicted octanol–water partition coefficient (Wildman–Crippen LogP) is 0.250. The van der Waals surface area contributed by atoms with E-state index in [9.17, 15) is 24.6 Å². The molecule has 0 aliphatic carbocycles. The largest absolute Gasteiger partial charge is 0.550 e. The molecule has 0 aromatic carbocycles. The Labute approximate surface area is 222 Å². The maximum Gasteiger partial charge on any atom is 0.330 e. The molecule has 1 fully saturated rings. The Hall–Kier alpha value is -3.23. The minimum Gasteiger partial charge on any atom is -0.550 e. The minimum absolute atomic E-state index is 0.147. The summed E-state index contributed by atoms with van der Waals surface area (Å²) in [6.45, 7) is 7.42. The molecule has 0 atom stereocenters. The van der Waals surface area contributed by atoms with Crippen LogP contribution in [-0.2, 0) is 19.1 Å². The predicted molar refractivity (Wildman–Crippen MR) is 143 cm³/mol. The van der Waals surface area contributed by atoms with E-state index in [2.05, 4.69) is 77.0 Å². The van der Waals surface area contributed by atoms with Crippen LogP contribution >= 0.6 is 0 Å². The Kier molecular flexibility index (Phi) is 29.9. The molecule has 208 valence electrons. The first kappa shape index (κ1) is 35.9. The lowest BCUT2D eigenvalue weighted by Crippen LogP contribution is -3.04. The molecule has 8 heteroatoms. The van der Waals surface area contributed by atoms with Gasteiger partial charge in [-0.1, -0.05) is 67.7 Å². The van der Waals surface area contributed by atoms with E-state index < -0.39 is 17.9 Å². The molecule has 1 rings (SSSR count). The average Bonchev–Trinajstić information content (AvgIpc) is 2.90. The van der Waals surface area contributed by atoms with E-state index >= 15 is 0 Å². The van der Waals surface area contributed by atoms with Crippen LogP contribution in [0.2, 0.25) is 0 Å². The minimum atomic E-state index is -1.42. The molecule has 0 bridgehead atoms. The number of hydrogen-bond donors (Lipinski definition) is 2. The number of esters is 1. The van der Waals surface area contributed by atoms with Crippen molar-refractivity contribution in [2.75, 3.05) is 33.3 Å². The first-order valence-electron chi connectivity index (χ1n) is 13.0. The van der Waals surface area contributed by atoms with Crippen LogP contribution in [-0.4, -0.2) is 51.2 Å². The molecule has 1 aliphatic heterocycles. The summed E-state index contributed by atoms with van der Waals surface area (Å²) in [5.41, 5.74) is 0. The molecule has 0 aromatic heterocycles. The van der Waals surface area contributed by atoms with E-state index in [1.54, 1.807) is 0 Å². The average molecular weight is 519 g/mol. The Morgan fingerprint density at radius 3 is 1.49 bits per heavy atom. The number of unbranched alkanes of at least 4 members (excludes halogenated alkanes) is 1. The van der Waals surface area contributed by atoms with E-state index in [1.807, 2.05) is 6.08 Å². The van der Waals surface area contributed by atoms with Crippen LogP contribution in [0.4, 0.5) is 0 Å². The van der Waals surface area contributed by atoms with Gasteiger partial charge in [0.05, 0.1) is 13.1 Å². The van der Waals surface area contributed by atoms with Gasteiger partial charge in [-0.05, 0) is 57.4 Å². The molecule has 0 radical (unpaired) electrons. The number of carboxylic acids is 2. The number of quaternary nitrogens is 2. The number of methoxy groups -OCH3 is 1. The lowest BCUT2D eigenvalue weighted by molar-refractivity contribution is -0.787. The third-order valence-corrected chi connectivity index (χ3v) is 4.62. The van der Waals surface area contributed by atoms with Crippen molar-refractivity contribution in [1.29, 1.82) is 0 Å². The first-order valence-corrected chi connectivity index (χ1v) is 13.0. The summed E-state index contributed by atoms with van der Waals surface area (Å²) in [5, 5.41) is 24.5. The first-order chi connectivity index (χ1) is 17.9. The molecular formula is C29H46N2O6. The van der Waals surface area contributed by atoms with Crippen LogP contribution in [0.25, 0.3) is 0 Å². The van der Waals surface area contributed by atoms with Crippen molar-refractivity contribution >= 4 is 17.9 Å². The van der Waals surface area contributed by atoms with Gasteiger partial charge in [0.25, 0.3) is 0 Å².